The standard InChI is InChI=1S/C15H17Cl2N5O.C5H12O/c16-11-5-3-4-10(14(11)17)12-8-13(22-15(18)21-12)20-7-2-1-6-19-9-23;1-5(2,3)6-4/h3-5,8-9H,1-2,6-7H2,(H,19,23)(H3,18,20,21,22);1-4H3. The Hall–Kier alpha value is -2.09. The number of hydrogen-bond donors (Lipinski definition) is 3. The molecular formula is C20H29Cl2N5O2. The highest BCUT2D eigenvalue weighted by Gasteiger charge is 2.10. The molecule has 0 fully saturated rings. The van der Waals surface area contributed by atoms with E-state index in [1.807, 2.05) is 26.8 Å². The van der Waals surface area contributed by atoms with Crippen molar-refractivity contribution < 1.29 is 9.53 Å². The van der Waals surface area contributed by atoms with Gasteiger partial charge in [0.05, 0.1) is 21.3 Å². The lowest BCUT2D eigenvalue weighted by molar-refractivity contribution is -0.109. The van der Waals surface area contributed by atoms with Crippen LogP contribution < -0.4 is 16.4 Å². The van der Waals surface area contributed by atoms with Crippen LogP contribution in [0.2, 0.25) is 10.0 Å². The summed E-state index contributed by atoms with van der Waals surface area (Å²) in [5.74, 6) is 0.774. The number of carbonyl (C=O) groups excluding carboxylic acids is 1. The van der Waals surface area contributed by atoms with Crippen LogP contribution in [-0.4, -0.2) is 42.2 Å². The normalized spacial score (nSPS) is 10.7. The molecule has 0 radical (unpaired) electrons. The van der Waals surface area contributed by atoms with E-state index in [9.17, 15) is 4.79 Å². The molecule has 1 aromatic heterocycles. The third-order valence-electron chi connectivity index (χ3n) is 3.72. The molecule has 2 aromatic rings. The molecule has 9 heteroatoms. The first kappa shape index (κ1) is 24.9. The fourth-order valence-corrected chi connectivity index (χ4v) is 2.42. The maximum Gasteiger partial charge on any atom is 0.222 e. The van der Waals surface area contributed by atoms with Crippen LogP contribution in [0.1, 0.15) is 33.6 Å². The number of nitrogens with two attached hydrogens (primary N) is 1. The minimum atomic E-state index is 0.0417. The first-order valence-electron chi connectivity index (χ1n) is 9.23. The van der Waals surface area contributed by atoms with Gasteiger partial charge in [-0.2, -0.15) is 4.98 Å². The van der Waals surface area contributed by atoms with Gasteiger partial charge in [-0.05, 0) is 39.7 Å². The molecule has 0 bridgehead atoms. The molecule has 0 spiro atoms. The Morgan fingerprint density at radius 2 is 1.83 bits per heavy atom. The van der Waals surface area contributed by atoms with Crippen LogP contribution in [-0.2, 0) is 9.53 Å². The number of nitrogens with one attached hydrogen (secondary N) is 2. The molecule has 0 aliphatic carbocycles. The molecule has 0 aliphatic rings. The number of methoxy groups -OCH3 is 1. The number of benzene rings is 1. The first-order valence-corrected chi connectivity index (χ1v) is 9.98. The molecule has 0 atom stereocenters. The minimum absolute atomic E-state index is 0.0417. The number of amides is 1. The van der Waals surface area contributed by atoms with Gasteiger partial charge in [0.25, 0.3) is 0 Å². The predicted octanol–water partition coefficient (Wildman–Crippen LogP) is 4.40. The Bertz CT molecular complexity index is 782. The molecule has 0 saturated heterocycles. The quantitative estimate of drug-likeness (QED) is 0.414. The van der Waals surface area contributed by atoms with Crippen molar-refractivity contribution >= 4 is 41.4 Å². The summed E-state index contributed by atoms with van der Waals surface area (Å²) in [5, 5.41) is 6.69. The SMILES string of the molecule is COC(C)(C)C.Nc1nc(NCCCCNC=O)cc(-c2cccc(Cl)c2Cl)n1. The summed E-state index contributed by atoms with van der Waals surface area (Å²) in [5.41, 5.74) is 7.12. The van der Waals surface area contributed by atoms with E-state index in [4.69, 9.17) is 33.7 Å². The summed E-state index contributed by atoms with van der Waals surface area (Å²) < 4.78 is 4.94. The second-order valence-corrected chi connectivity index (χ2v) is 7.91. The van der Waals surface area contributed by atoms with Gasteiger partial charge < -0.3 is 21.1 Å². The van der Waals surface area contributed by atoms with Crippen molar-refractivity contribution in [3.63, 3.8) is 0 Å². The van der Waals surface area contributed by atoms with Crippen molar-refractivity contribution in [1.29, 1.82) is 0 Å². The molecule has 1 amide bonds. The molecule has 0 saturated carbocycles. The van der Waals surface area contributed by atoms with Crippen LogP contribution in [0.4, 0.5) is 11.8 Å². The van der Waals surface area contributed by atoms with Crippen molar-refractivity contribution in [2.24, 2.45) is 0 Å². The highest BCUT2D eigenvalue weighted by molar-refractivity contribution is 6.43. The topological polar surface area (TPSA) is 102 Å². The highest BCUT2D eigenvalue weighted by atomic mass is 35.5. The Balaban J connectivity index is 0.000000612. The van der Waals surface area contributed by atoms with E-state index in [0.717, 1.165) is 12.8 Å². The molecule has 4 N–H and O–H groups in total. The van der Waals surface area contributed by atoms with Gasteiger partial charge in [-0.25, -0.2) is 4.98 Å². The molecule has 29 heavy (non-hydrogen) atoms. The summed E-state index contributed by atoms with van der Waals surface area (Å²) in [6, 6.07) is 7.11. The number of unbranched alkanes of at least 4 members (excludes halogenated alkanes) is 1. The van der Waals surface area contributed by atoms with E-state index in [1.54, 1.807) is 25.3 Å². The van der Waals surface area contributed by atoms with E-state index in [2.05, 4.69) is 20.6 Å². The van der Waals surface area contributed by atoms with Crippen LogP contribution in [0.3, 0.4) is 0 Å². The van der Waals surface area contributed by atoms with E-state index < -0.39 is 0 Å². The first-order chi connectivity index (χ1) is 13.7. The Morgan fingerprint density at radius 3 is 2.45 bits per heavy atom. The van der Waals surface area contributed by atoms with Crippen LogP contribution in [0, 0.1) is 0 Å². The van der Waals surface area contributed by atoms with Crippen LogP contribution in [0.5, 0.6) is 0 Å². The van der Waals surface area contributed by atoms with Crippen molar-refractivity contribution in [2.45, 2.75) is 39.2 Å². The molecule has 0 unspecified atom stereocenters. The molecular weight excluding hydrogens is 413 g/mol. The zero-order chi connectivity index (χ0) is 21.9. The number of ether oxygens (including phenoxy) is 1. The zero-order valence-electron chi connectivity index (χ0n) is 17.3. The molecule has 2 rings (SSSR count). The average Bonchev–Trinajstić information content (AvgIpc) is 2.66. The summed E-state index contributed by atoms with van der Waals surface area (Å²) in [6.07, 6.45) is 2.46. The number of halogens is 2. The van der Waals surface area contributed by atoms with Gasteiger partial charge in [0.2, 0.25) is 12.4 Å². The summed E-state index contributed by atoms with van der Waals surface area (Å²) in [4.78, 5) is 18.5. The van der Waals surface area contributed by atoms with E-state index >= 15 is 0 Å². The summed E-state index contributed by atoms with van der Waals surface area (Å²) in [6.45, 7) is 7.42. The van der Waals surface area contributed by atoms with Crippen molar-refractivity contribution in [3.05, 3.63) is 34.3 Å². The molecule has 1 heterocycles. The predicted molar refractivity (Wildman–Crippen MR) is 120 cm³/mol. The number of rotatable bonds is 8. The van der Waals surface area contributed by atoms with E-state index in [-0.39, 0.29) is 11.5 Å². The summed E-state index contributed by atoms with van der Waals surface area (Å²) in [7, 11) is 1.71. The molecule has 1 aromatic carbocycles. The van der Waals surface area contributed by atoms with E-state index in [0.29, 0.717) is 46.6 Å². The lowest BCUT2D eigenvalue weighted by Crippen LogP contribution is -2.15. The van der Waals surface area contributed by atoms with Crippen molar-refractivity contribution in [2.75, 3.05) is 31.2 Å². The number of nitrogens with zero attached hydrogens (tertiary/aromatic N) is 2. The van der Waals surface area contributed by atoms with Gasteiger partial charge in [-0.3, -0.25) is 4.79 Å². The summed E-state index contributed by atoms with van der Waals surface area (Å²) >= 11 is 12.3. The maximum atomic E-state index is 10.1. The lowest BCUT2D eigenvalue weighted by atomic mass is 10.1. The fraction of sp³-hybridized carbons (Fsp3) is 0.450. The largest absolute Gasteiger partial charge is 0.379 e. The van der Waals surface area contributed by atoms with Gasteiger partial charge >= 0.3 is 0 Å². The van der Waals surface area contributed by atoms with Crippen LogP contribution in [0.25, 0.3) is 11.3 Å². The molecule has 7 nitrogen and oxygen atoms in total. The highest BCUT2D eigenvalue weighted by Crippen LogP contribution is 2.33. The van der Waals surface area contributed by atoms with E-state index in [1.165, 1.54) is 0 Å². The number of aromatic nitrogens is 2. The second kappa shape index (κ2) is 12.5. The second-order valence-electron chi connectivity index (χ2n) is 7.12. The number of anilines is 2. The molecule has 160 valence electrons. The Labute approximate surface area is 182 Å². The molecule has 0 aliphatic heterocycles. The Morgan fingerprint density at radius 1 is 1.17 bits per heavy atom. The van der Waals surface area contributed by atoms with Crippen LogP contribution >= 0.6 is 23.2 Å². The fourth-order valence-electron chi connectivity index (χ4n) is 2.02. The lowest BCUT2D eigenvalue weighted by Gasteiger charge is -2.14. The zero-order valence-corrected chi connectivity index (χ0v) is 18.8. The van der Waals surface area contributed by atoms with Gasteiger partial charge in [-0.15, -0.1) is 0 Å². The average molecular weight is 442 g/mol. The number of hydrogen-bond acceptors (Lipinski definition) is 6. The van der Waals surface area contributed by atoms with Gasteiger partial charge in [-0.1, -0.05) is 35.3 Å². The number of nitrogen functional groups attached to an aromatic ring is 1. The van der Waals surface area contributed by atoms with Crippen molar-refractivity contribution in [3.8, 4) is 11.3 Å². The maximum absolute atomic E-state index is 10.1. The smallest absolute Gasteiger partial charge is 0.222 e. The van der Waals surface area contributed by atoms with Gasteiger partial charge in [0.1, 0.15) is 5.82 Å². The van der Waals surface area contributed by atoms with Crippen LogP contribution in [0.15, 0.2) is 24.3 Å². The Kier molecular flexibility index (Phi) is 10.7. The monoisotopic (exact) mass is 441 g/mol. The van der Waals surface area contributed by atoms with Gasteiger partial charge in [0, 0.05) is 31.8 Å². The van der Waals surface area contributed by atoms with Gasteiger partial charge in [0.15, 0.2) is 0 Å². The van der Waals surface area contributed by atoms with Crippen molar-refractivity contribution in [1.82, 2.24) is 15.3 Å². The third kappa shape index (κ3) is 9.78. The third-order valence-corrected chi connectivity index (χ3v) is 4.54. The number of carbonyl (C=O) groups is 1. The minimum Gasteiger partial charge on any atom is -0.379 e.